The van der Waals surface area contributed by atoms with Crippen molar-refractivity contribution in [2.75, 3.05) is 7.05 Å². The molecule has 88 valence electrons. The smallest absolute Gasteiger partial charge is 0.0348 e. The van der Waals surface area contributed by atoms with Crippen LogP contribution in [0.2, 0.25) is 0 Å². The molecule has 0 bridgehead atoms. The van der Waals surface area contributed by atoms with Crippen molar-refractivity contribution in [1.82, 2.24) is 5.32 Å². The van der Waals surface area contributed by atoms with E-state index in [0.29, 0.717) is 6.04 Å². The molecule has 3 unspecified atom stereocenters. The van der Waals surface area contributed by atoms with Crippen LogP contribution in [0.3, 0.4) is 0 Å². The molecule has 1 aromatic rings. The number of nitrogens with one attached hydrogen (secondary N) is 1. The van der Waals surface area contributed by atoms with Gasteiger partial charge in [-0.2, -0.15) is 0 Å². The molecule has 0 spiro atoms. The monoisotopic (exact) mass is 281 g/mol. The van der Waals surface area contributed by atoms with E-state index >= 15 is 0 Å². The lowest BCUT2D eigenvalue weighted by atomic mass is 9.86. The summed E-state index contributed by atoms with van der Waals surface area (Å²) in [7, 11) is 2.08. The van der Waals surface area contributed by atoms with Crippen LogP contribution in [0.4, 0.5) is 0 Å². The van der Waals surface area contributed by atoms with E-state index in [-0.39, 0.29) is 0 Å². The Balaban J connectivity index is 2.18. The van der Waals surface area contributed by atoms with Gasteiger partial charge in [-0.3, -0.25) is 0 Å². The Morgan fingerprint density at radius 2 is 1.94 bits per heavy atom. The Morgan fingerprint density at radius 3 is 2.44 bits per heavy atom. The van der Waals surface area contributed by atoms with E-state index in [1.807, 2.05) is 0 Å². The normalized spacial score (nSPS) is 26.9. The van der Waals surface area contributed by atoms with Crippen LogP contribution in [-0.4, -0.2) is 7.05 Å². The second-order valence-electron chi connectivity index (χ2n) is 4.89. The molecule has 1 N–H and O–H groups in total. The summed E-state index contributed by atoms with van der Waals surface area (Å²) in [6.45, 7) is 2.39. The highest BCUT2D eigenvalue weighted by Gasteiger charge is 2.30. The van der Waals surface area contributed by atoms with Crippen LogP contribution < -0.4 is 5.32 Å². The van der Waals surface area contributed by atoms with Crippen molar-refractivity contribution in [2.45, 2.75) is 32.2 Å². The molecule has 2 heteroatoms. The van der Waals surface area contributed by atoms with Crippen molar-refractivity contribution in [1.29, 1.82) is 0 Å². The van der Waals surface area contributed by atoms with E-state index in [2.05, 4.69) is 59.5 Å². The first-order valence-electron chi connectivity index (χ1n) is 6.15. The molecule has 0 radical (unpaired) electrons. The van der Waals surface area contributed by atoms with Crippen LogP contribution in [0.1, 0.15) is 37.8 Å². The maximum absolute atomic E-state index is 3.49. The minimum absolute atomic E-state index is 0.519. The first-order chi connectivity index (χ1) is 7.72. The summed E-state index contributed by atoms with van der Waals surface area (Å²) in [6.07, 6.45) is 4.14. The van der Waals surface area contributed by atoms with Gasteiger partial charge in [0.05, 0.1) is 0 Å². The largest absolute Gasteiger partial charge is 0.313 e. The molecule has 0 aromatic heterocycles. The van der Waals surface area contributed by atoms with Crippen molar-refractivity contribution in [3.05, 3.63) is 34.3 Å². The van der Waals surface area contributed by atoms with E-state index in [0.717, 1.165) is 16.3 Å². The molecular formula is C14H20BrN. The molecule has 1 nitrogen and oxygen atoms in total. The van der Waals surface area contributed by atoms with Crippen LogP contribution >= 0.6 is 15.9 Å². The summed E-state index contributed by atoms with van der Waals surface area (Å²) >= 11 is 3.49. The van der Waals surface area contributed by atoms with E-state index < -0.39 is 0 Å². The van der Waals surface area contributed by atoms with Gasteiger partial charge >= 0.3 is 0 Å². The fourth-order valence-corrected chi connectivity index (χ4v) is 3.23. The van der Waals surface area contributed by atoms with Gasteiger partial charge in [0, 0.05) is 10.5 Å². The minimum Gasteiger partial charge on any atom is -0.313 e. The van der Waals surface area contributed by atoms with Crippen molar-refractivity contribution in [2.24, 2.45) is 11.8 Å². The van der Waals surface area contributed by atoms with Gasteiger partial charge < -0.3 is 5.32 Å². The van der Waals surface area contributed by atoms with Crippen LogP contribution in [0.15, 0.2) is 28.7 Å². The number of rotatable bonds is 3. The molecule has 0 heterocycles. The fourth-order valence-electron chi connectivity index (χ4n) is 2.97. The molecule has 1 aromatic carbocycles. The Hall–Kier alpha value is -0.340. The Morgan fingerprint density at radius 1 is 1.25 bits per heavy atom. The lowest BCUT2D eigenvalue weighted by Gasteiger charge is -2.27. The third-order valence-electron chi connectivity index (χ3n) is 3.90. The van der Waals surface area contributed by atoms with Crippen LogP contribution in [0.5, 0.6) is 0 Å². The van der Waals surface area contributed by atoms with E-state index in [1.54, 1.807) is 0 Å². The number of hydrogen-bond acceptors (Lipinski definition) is 1. The van der Waals surface area contributed by atoms with Gasteiger partial charge in [0.1, 0.15) is 0 Å². The average Bonchev–Trinajstić information content (AvgIpc) is 2.69. The van der Waals surface area contributed by atoms with Gasteiger partial charge in [-0.05, 0) is 43.0 Å². The summed E-state index contributed by atoms with van der Waals surface area (Å²) in [6, 6.07) is 9.26. The van der Waals surface area contributed by atoms with E-state index in [9.17, 15) is 0 Å². The molecule has 1 aliphatic carbocycles. The first kappa shape index (κ1) is 12.1. The second-order valence-corrected chi connectivity index (χ2v) is 5.81. The highest BCUT2D eigenvalue weighted by molar-refractivity contribution is 9.10. The average molecular weight is 282 g/mol. The molecule has 1 saturated carbocycles. The van der Waals surface area contributed by atoms with Crippen LogP contribution in [-0.2, 0) is 0 Å². The third-order valence-corrected chi connectivity index (χ3v) is 4.42. The third kappa shape index (κ3) is 2.49. The molecule has 3 atom stereocenters. The topological polar surface area (TPSA) is 12.0 Å². The van der Waals surface area contributed by atoms with Gasteiger partial charge in [-0.15, -0.1) is 0 Å². The van der Waals surface area contributed by atoms with Gasteiger partial charge in [0.15, 0.2) is 0 Å². The predicted molar refractivity (Wildman–Crippen MR) is 72.4 cm³/mol. The zero-order chi connectivity index (χ0) is 11.5. The van der Waals surface area contributed by atoms with Crippen molar-refractivity contribution in [3.8, 4) is 0 Å². The highest BCUT2D eigenvalue weighted by Crippen LogP contribution is 2.39. The molecular weight excluding hydrogens is 262 g/mol. The van der Waals surface area contributed by atoms with Gasteiger partial charge in [-0.25, -0.2) is 0 Å². The van der Waals surface area contributed by atoms with Gasteiger partial charge in [0.2, 0.25) is 0 Å². The maximum atomic E-state index is 3.49. The quantitative estimate of drug-likeness (QED) is 0.878. The molecule has 16 heavy (non-hydrogen) atoms. The lowest BCUT2D eigenvalue weighted by molar-refractivity contribution is 0.315. The lowest BCUT2D eigenvalue weighted by Crippen LogP contribution is -2.26. The first-order valence-corrected chi connectivity index (χ1v) is 6.94. The highest BCUT2D eigenvalue weighted by atomic mass is 79.9. The zero-order valence-corrected chi connectivity index (χ0v) is 11.6. The number of hydrogen-bond donors (Lipinski definition) is 1. The summed E-state index contributed by atoms with van der Waals surface area (Å²) in [4.78, 5) is 0. The summed E-state index contributed by atoms with van der Waals surface area (Å²) in [5.74, 6) is 1.65. The Kier molecular flexibility index (Phi) is 4.04. The zero-order valence-electron chi connectivity index (χ0n) is 10.0. The van der Waals surface area contributed by atoms with Crippen LogP contribution in [0, 0.1) is 11.8 Å². The van der Waals surface area contributed by atoms with E-state index in [4.69, 9.17) is 0 Å². The van der Waals surface area contributed by atoms with Crippen LogP contribution in [0.25, 0.3) is 0 Å². The number of benzene rings is 1. The minimum atomic E-state index is 0.519. The SMILES string of the molecule is CNC(c1ccc(Br)cc1)C1CCCC1C. The maximum Gasteiger partial charge on any atom is 0.0348 e. The predicted octanol–water partition coefficient (Wildman–Crippen LogP) is 4.15. The van der Waals surface area contributed by atoms with Crippen molar-refractivity contribution in [3.63, 3.8) is 0 Å². The molecule has 2 rings (SSSR count). The fraction of sp³-hybridized carbons (Fsp3) is 0.571. The molecule has 0 saturated heterocycles. The summed E-state index contributed by atoms with van der Waals surface area (Å²) < 4.78 is 1.16. The van der Waals surface area contributed by atoms with Crippen molar-refractivity contribution >= 4 is 15.9 Å². The van der Waals surface area contributed by atoms with Gasteiger partial charge in [-0.1, -0.05) is 47.8 Å². The molecule has 0 amide bonds. The molecule has 1 aliphatic rings. The number of halogens is 1. The second kappa shape index (κ2) is 5.33. The molecule has 0 aliphatic heterocycles. The summed E-state index contributed by atoms with van der Waals surface area (Å²) in [5, 5.41) is 3.49. The Labute approximate surface area is 107 Å². The van der Waals surface area contributed by atoms with Crippen molar-refractivity contribution < 1.29 is 0 Å². The summed E-state index contributed by atoms with van der Waals surface area (Å²) in [5.41, 5.74) is 1.42. The standard InChI is InChI=1S/C14H20BrN/c1-10-4-3-5-13(10)14(16-2)11-6-8-12(15)9-7-11/h6-10,13-14,16H,3-5H2,1-2H3. The van der Waals surface area contributed by atoms with E-state index in [1.165, 1.54) is 24.8 Å². The Bertz CT molecular complexity index is 333. The van der Waals surface area contributed by atoms with Gasteiger partial charge in [0.25, 0.3) is 0 Å². The molecule has 1 fully saturated rings.